The number of nitrogens with zero attached hydrogens (tertiary/aromatic N) is 1. The lowest BCUT2D eigenvalue weighted by Crippen LogP contribution is -2.55. The second-order valence-electron chi connectivity index (χ2n) is 5.66. The van der Waals surface area contributed by atoms with Crippen LogP contribution in [0.2, 0.25) is 0 Å². The minimum atomic E-state index is -0.580. The average Bonchev–Trinajstić information content (AvgIpc) is 2.47. The van der Waals surface area contributed by atoms with Gasteiger partial charge in [-0.25, -0.2) is 0 Å². The van der Waals surface area contributed by atoms with E-state index < -0.39 is 5.41 Å². The Bertz CT molecular complexity index is 353. The zero-order valence-electron chi connectivity index (χ0n) is 11.7. The summed E-state index contributed by atoms with van der Waals surface area (Å²) in [4.78, 5) is 15.2. The molecule has 1 saturated heterocycles. The third kappa shape index (κ3) is 2.92. The van der Waals surface area contributed by atoms with Crippen LogP contribution in [-0.4, -0.2) is 41.6 Å². The lowest BCUT2D eigenvalue weighted by molar-refractivity contribution is -0.147. The van der Waals surface area contributed by atoms with Gasteiger partial charge in [0.05, 0.1) is 23.1 Å². The van der Waals surface area contributed by atoms with E-state index in [2.05, 4.69) is 6.92 Å². The van der Waals surface area contributed by atoms with Gasteiger partial charge in [0.1, 0.15) is 0 Å². The predicted molar refractivity (Wildman–Crippen MR) is 78.9 cm³/mol. The summed E-state index contributed by atoms with van der Waals surface area (Å²) in [5, 5.41) is 0. The maximum absolute atomic E-state index is 12.9. The average molecular weight is 284 g/mol. The monoisotopic (exact) mass is 284 g/mol. The zero-order valence-corrected chi connectivity index (χ0v) is 12.5. The van der Waals surface area contributed by atoms with Crippen molar-refractivity contribution in [1.29, 1.82) is 0 Å². The first-order valence-electron chi connectivity index (χ1n) is 7.31. The first kappa shape index (κ1) is 14.7. The summed E-state index contributed by atoms with van der Waals surface area (Å²) < 4.78 is 5.63. The quantitative estimate of drug-likeness (QED) is 0.804. The van der Waals surface area contributed by atoms with Crippen LogP contribution < -0.4 is 5.73 Å². The Kier molecular flexibility index (Phi) is 4.79. The van der Waals surface area contributed by atoms with Gasteiger partial charge < -0.3 is 15.4 Å². The van der Waals surface area contributed by atoms with Crippen molar-refractivity contribution in [2.24, 2.45) is 11.1 Å². The Morgan fingerprint density at radius 1 is 1.42 bits per heavy atom. The molecule has 0 aromatic rings. The molecule has 1 aliphatic carbocycles. The number of morpholine rings is 1. The van der Waals surface area contributed by atoms with Crippen molar-refractivity contribution < 1.29 is 9.53 Å². The standard InChI is InChI=1S/C14H24N2O2S/c1-2-11-10-16(8-9-18-11)13(17)14(12(15)19)6-4-3-5-7-14/h11H,2-10H2,1H3,(H2,15,19). The molecule has 1 saturated carbocycles. The number of amides is 1. The van der Waals surface area contributed by atoms with Gasteiger partial charge in [-0.1, -0.05) is 38.4 Å². The van der Waals surface area contributed by atoms with E-state index in [4.69, 9.17) is 22.7 Å². The fraction of sp³-hybridized carbons (Fsp3) is 0.857. The molecule has 108 valence electrons. The highest BCUT2D eigenvalue weighted by atomic mass is 32.1. The Morgan fingerprint density at radius 2 is 2.11 bits per heavy atom. The molecule has 5 heteroatoms. The topological polar surface area (TPSA) is 55.6 Å². The van der Waals surface area contributed by atoms with Gasteiger partial charge in [-0.2, -0.15) is 0 Å². The van der Waals surface area contributed by atoms with Gasteiger partial charge >= 0.3 is 0 Å². The minimum Gasteiger partial charge on any atom is -0.392 e. The first-order chi connectivity index (χ1) is 9.10. The fourth-order valence-corrected chi connectivity index (χ4v) is 3.47. The van der Waals surface area contributed by atoms with Gasteiger partial charge in [-0.3, -0.25) is 4.79 Å². The highest BCUT2D eigenvalue weighted by molar-refractivity contribution is 7.80. The molecule has 1 aliphatic heterocycles. The molecule has 0 spiro atoms. The second kappa shape index (κ2) is 6.18. The molecule has 19 heavy (non-hydrogen) atoms. The Balaban J connectivity index is 2.13. The molecular formula is C14H24N2O2S. The highest BCUT2D eigenvalue weighted by Gasteiger charge is 2.45. The summed E-state index contributed by atoms with van der Waals surface area (Å²) in [5.41, 5.74) is 5.35. The number of carbonyl (C=O) groups excluding carboxylic acids is 1. The van der Waals surface area contributed by atoms with E-state index in [1.165, 1.54) is 6.42 Å². The molecule has 1 unspecified atom stereocenters. The lowest BCUT2D eigenvalue weighted by Gasteiger charge is -2.41. The van der Waals surface area contributed by atoms with Gasteiger partial charge in [0.2, 0.25) is 5.91 Å². The van der Waals surface area contributed by atoms with Gasteiger partial charge in [-0.05, 0) is 19.3 Å². The van der Waals surface area contributed by atoms with Crippen LogP contribution in [0.25, 0.3) is 0 Å². The van der Waals surface area contributed by atoms with Crippen LogP contribution in [0.3, 0.4) is 0 Å². The molecule has 2 aliphatic rings. The number of hydrogen-bond acceptors (Lipinski definition) is 3. The van der Waals surface area contributed by atoms with E-state index in [1.807, 2.05) is 4.90 Å². The number of thiocarbonyl (C=S) groups is 1. The van der Waals surface area contributed by atoms with E-state index in [1.54, 1.807) is 0 Å². The molecule has 0 aromatic carbocycles. The molecular weight excluding hydrogens is 260 g/mol. The van der Waals surface area contributed by atoms with Crippen molar-refractivity contribution in [3.8, 4) is 0 Å². The highest BCUT2D eigenvalue weighted by Crippen LogP contribution is 2.38. The Hall–Kier alpha value is -0.680. The number of hydrogen-bond donors (Lipinski definition) is 1. The molecule has 1 amide bonds. The third-order valence-electron chi connectivity index (χ3n) is 4.47. The maximum Gasteiger partial charge on any atom is 0.235 e. The molecule has 0 aromatic heterocycles. The van der Waals surface area contributed by atoms with Crippen LogP contribution in [0.4, 0.5) is 0 Å². The molecule has 2 fully saturated rings. The fourth-order valence-electron chi connectivity index (χ4n) is 3.17. The molecule has 0 bridgehead atoms. The van der Waals surface area contributed by atoms with Gasteiger partial charge in [0.15, 0.2) is 0 Å². The lowest BCUT2D eigenvalue weighted by atomic mass is 9.72. The minimum absolute atomic E-state index is 0.140. The SMILES string of the molecule is CCC1CN(C(=O)C2(C(N)=S)CCCCC2)CCO1. The molecule has 2 rings (SSSR count). The number of nitrogens with two attached hydrogens (primary N) is 1. The first-order valence-corrected chi connectivity index (χ1v) is 7.72. The van der Waals surface area contributed by atoms with E-state index in [0.29, 0.717) is 24.7 Å². The van der Waals surface area contributed by atoms with Gasteiger partial charge in [-0.15, -0.1) is 0 Å². The van der Waals surface area contributed by atoms with Crippen molar-refractivity contribution in [2.75, 3.05) is 19.7 Å². The van der Waals surface area contributed by atoms with Crippen molar-refractivity contribution in [3.05, 3.63) is 0 Å². The van der Waals surface area contributed by atoms with E-state index in [-0.39, 0.29) is 12.0 Å². The summed E-state index contributed by atoms with van der Waals surface area (Å²) in [6.07, 6.45) is 5.99. The largest absolute Gasteiger partial charge is 0.392 e. The predicted octanol–water partition coefficient (Wildman–Crippen LogP) is 1.86. The van der Waals surface area contributed by atoms with Crippen LogP contribution in [-0.2, 0) is 9.53 Å². The van der Waals surface area contributed by atoms with Crippen molar-refractivity contribution in [3.63, 3.8) is 0 Å². The molecule has 2 N–H and O–H groups in total. The van der Waals surface area contributed by atoms with E-state index in [0.717, 1.165) is 32.1 Å². The number of carbonyl (C=O) groups is 1. The number of ether oxygens (including phenoxy) is 1. The Morgan fingerprint density at radius 3 is 2.68 bits per heavy atom. The van der Waals surface area contributed by atoms with Crippen molar-refractivity contribution in [2.45, 2.75) is 51.6 Å². The second-order valence-corrected chi connectivity index (χ2v) is 6.10. The number of rotatable bonds is 3. The summed E-state index contributed by atoms with van der Waals surface area (Å²) in [6.45, 7) is 4.06. The van der Waals surface area contributed by atoms with Crippen molar-refractivity contribution >= 4 is 23.1 Å². The van der Waals surface area contributed by atoms with Crippen LogP contribution >= 0.6 is 12.2 Å². The summed E-state index contributed by atoms with van der Waals surface area (Å²) in [5.74, 6) is 0.140. The zero-order chi connectivity index (χ0) is 13.9. The summed E-state index contributed by atoms with van der Waals surface area (Å²) in [6, 6.07) is 0. The van der Waals surface area contributed by atoms with Crippen molar-refractivity contribution in [1.82, 2.24) is 4.90 Å². The van der Waals surface area contributed by atoms with E-state index >= 15 is 0 Å². The Labute approximate surface area is 120 Å². The molecule has 1 atom stereocenters. The van der Waals surface area contributed by atoms with Gasteiger partial charge in [0, 0.05) is 13.1 Å². The van der Waals surface area contributed by atoms with Crippen LogP contribution in [0.5, 0.6) is 0 Å². The third-order valence-corrected chi connectivity index (χ3v) is 4.86. The molecule has 1 heterocycles. The van der Waals surface area contributed by atoms with Crippen LogP contribution in [0.15, 0.2) is 0 Å². The van der Waals surface area contributed by atoms with E-state index in [9.17, 15) is 4.79 Å². The molecule has 0 radical (unpaired) electrons. The summed E-state index contributed by atoms with van der Waals surface area (Å²) >= 11 is 5.23. The van der Waals surface area contributed by atoms with Crippen LogP contribution in [0.1, 0.15) is 45.4 Å². The maximum atomic E-state index is 12.9. The van der Waals surface area contributed by atoms with Crippen LogP contribution in [0, 0.1) is 5.41 Å². The molecule has 4 nitrogen and oxygen atoms in total. The van der Waals surface area contributed by atoms with Gasteiger partial charge in [0.25, 0.3) is 0 Å². The normalized spacial score (nSPS) is 27.0. The smallest absolute Gasteiger partial charge is 0.235 e. The summed E-state index contributed by atoms with van der Waals surface area (Å²) in [7, 11) is 0.